The highest BCUT2D eigenvalue weighted by Gasteiger charge is 2.13. The van der Waals surface area contributed by atoms with Crippen LogP contribution in [0.15, 0.2) is 18.2 Å². The monoisotopic (exact) mass is 300 g/mol. The summed E-state index contributed by atoms with van der Waals surface area (Å²) in [6.07, 6.45) is 1.16. The molecule has 0 heterocycles. The van der Waals surface area contributed by atoms with Gasteiger partial charge in [-0.1, -0.05) is 6.07 Å². The predicted molar refractivity (Wildman–Crippen MR) is 77.0 cm³/mol. The van der Waals surface area contributed by atoms with Gasteiger partial charge < -0.3 is 15.3 Å². The highest BCUT2D eigenvalue weighted by Crippen LogP contribution is 2.11. The number of aliphatic hydroxyl groups is 1. The van der Waals surface area contributed by atoms with Gasteiger partial charge in [0.1, 0.15) is 0 Å². The van der Waals surface area contributed by atoms with Crippen molar-refractivity contribution >= 4 is 6.03 Å². The average Bonchev–Trinajstić information content (AvgIpc) is 2.45. The molecule has 2 amide bonds. The molecule has 118 valence electrons. The molecule has 0 aromatic heterocycles. The van der Waals surface area contributed by atoms with E-state index < -0.39 is 11.6 Å². The molecule has 0 radical (unpaired) electrons. The van der Waals surface area contributed by atoms with Crippen molar-refractivity contribution in [2.45, 2.75) is 32.7 Å². The van der Waals surface area contributed by atoms with Crippen LogP contribution in [0.2, 0.25) is 0 Å². The zero-order valence-corrected chi connectivity index (χ0v) is 12.4. The van der Waals surface area contributed by atoms with Crippen LogP contribution in [0.4, 0.5) is 13.6 Å². The van der Waals surface area contributed by atoms with E-state index in [4.69, 9.17) is 5.11 Å². The Morgan fingerprint density at radius 1 is 1.38 bits per heavy atom. The standard InChI is InChI=1S/C15H22F2N2O2/c1-3-19(8-9-20)15(21)18-11(2)4-5-12-6-7-13(16)14(17)10-12/h6-7,10-11,20H,3-5,8-9H2,1-2H3,(H,18,21). The first kappa shape index (κ1) is 17.4. The molecule has 2 N–H and O–H groups in total. The number of rotatable bonds is 7. The highest BCUT2D eigenvalue weighted by atomic mass is 19.2. The zero-order chi connectivity index (χ0) is 15.8. The Morgan fingerprint density at radius 2 is 2.10 bits per heavy atom. The summed E-state index contributed by atoms with van der Waals surface area (Å²) >= 11 is 0. The predicted octanol–water partition coefficient (Wildman–Crippen LogP) is 2.31. The van der Waals surface area contributed by atoms with Gasteiger partial charge in [0, 0.05) is 19.1 Å². The molecule has 1 rings (SSSR count). The first-order chi connectivity index (χ1) is 9.97. The van der Waals surface area contributed by atoms with Crippen molar-refractivity contribution in [2.75, 3.05) is 19.7 Å². The lowest BCUT2D eigenvalue weighted by molar-refractivity contribution is 0.177. The molecule has 0 aliphatic rings. The maximum atomic E-state index is 13.1. The van der Waals surface area contributed by atoms with Crippen molar-refractivity contribution in [3.63, 3.8) is 0 Å². The molecular weight excluding hydrogens is 278 g/mol. The van der Waals surface area contributed by atoms with E-state index in [0.717, 1.165) is 6.07 Å². The van der Waals surface area contributed by atoms with E-state index in [1.165, 1.54) is 17.0 Å². The fourth-order valence-electron chi connectivity index (χ4n) is 1.98. The summed E-state index contributed by atoms with van der Waals surface area (Å²) < 4.78 is 25.9. The second kappa shape index (κ2) is 8.56. The maximum Gasteiger partial charge on any atom is 0.317 e. The lowest BCUT2D eigenvalue weighted by atomic mass is 10.1. The third kappa shape index (κ3) is 5.67. The summed E-state index contributed by atoms with van der Waals surface area (Å²) in [5.41, 5.74) is 0.692. The molecule has 0 saturated carbocycles. The summed E-state index contributed by atoms with van der Waals surface area (Å²) in [6, 6.07) is 3.49. The van der Waals surface area contributed by atoms with Crippen molar-refractivity contribution in [1.82, 2.24) is 10.2 Å². The number of aryl methyl sites for hydroxylation is 1. The minimum atomic E-state index is -0.859. The lowest BCUT2D eigenvalue weighted by Crippen LogP contribution is -2.45. The van der Waals surface area contributed by atoms with Crippen LogP contribution in [-0.2, 0) is 6.42 Å². The van der Waals surface area contributed by atoms with Crippen molar-refractivity contribution in [2.24, 2.45) is 0 Å². The van der Waals surface area contributed by atoms with Crippen LogP contribution < -0.4 is 5.32 Å². The SMILES string of the molecule is CCN(CCO)C(=O)NC(C)CCc1ccc(F)c(F)c1. The molecule has 1 unspecified atom stereocenters. The minimum absolute atomic E-state index is 0.0789. The van der Waals surface area contributed by atoms with Gasteiger partial charge in [-0.05, 0) is 44.4 Å². The van der Waals surface area contributed by atoms with E-state index in [2.05, 4.69) is 5.32 Å². The molecular formula is C15H22F2N2O2. The molecule has 6 heteroatoms. The Morgan fingerprint density at radius 3 is 2.67 bits per heavy atom. The summed E-state index contributed by atoms with van der Waals surface area (Å²) in [4.78, 5) is 13.4. The largest absolute Gasteiger partial charge is 0.395 e. The van der Waals surface area contributed by atoms with Crippen LogP contribution in [0.5, 0.6) is 0 Å². The van der Waals surface area contributed by atoms with Gasteiger partial charge in [0.15, 0.2) is 11.6 Å². The number of hydrogen-bond acceptors (Lipinski definition) is 2. The summed E-state index contributed by atoms with van der Waals surface area (Å²) in [5, 5.41) is 11.7. The first-order valence-electron chi connectivity index (χ1n) is 7.08. The van der Waals surface area contributed by atoms with Gasteiger partial charge in [0.2, 0.25) is 0 Å². The van der Waals surface area contributed by atoms with E-state index >= 15 is 0 Å². The number of nitrogens with one attached hydrogen (secondary N) is 1. The van der Waals surface area contributed by atoms with Crippen LogP contribution in [0.25, 0.3) is 0 Å². The summed E-state index contributed by atoms with van der Waals surface area (Å²) in [6.45, 7) is 4.41. The summed E-state index contributed by atoms with van der Waals surface area (Å²) in [5.74, 6) is -1.72. The average molecular weight is 300 g/mol. The van der Waals surface area contributed by atoms with Gasteiger partial charge in [-0.2, -0.15) is 0 Å². The number of aliphatic hydroxyl groups excluding tert-OH is 1. The summed E-state index contributed by atoms with van der Waals surface area (Å²) in [7, 11) is 0. The van der Waals surface area contributed by atoms with Crippen molar-refractivity contribution in [1.29, 1.82) is 0 Å². The Hall–Kier alpha value is -1.69. The molecule has 0 aliphatic heterocycles. The van der Waals surface area contributed by atoms with E-state index in [9.17, 15) is 13.6 Å². The van der Waals surface area contributed by atoms with Gasteiger partial charge in [-0.3, -0.25) is 0 Å². The molecule has 4 nitrogen and oxygen atoms in total. The number of nitrogens with zero attached hydrogens (tertiary/aromatic N) is 1. The number of amides is 2. The Labute approximate surface area is 123 Å². The third-order valence-corrected chi connectivity index (χ3v) is 3.26. The van der Waals surface area contributed by atoms with Gasteiger partial charge in [0.05, 0.1) is 6.61 Å². The normalized spacial score (nSPS) is 12.0. The highest BCUT2D eigenvalue weighted by molar-refractivity contribution is 5.74. The molecule has 1 atom stereocenters. The van der Waals surface area contributed by atoms with Gasteiger partial charge in [-0.25, -0.2) is 13.6 Å². The van der Waals surface area contributed by atoms with Gasteiger partial charge in [0.25, 0.3) is 0 Å². The lowest BCUT2D eigenvalue weighted by Gasteiger charge is -2.23. The molecule has 1 aromatic carbocycles. The van der Waals surface area contributed by atoms with E-state index in [1.807, 2.05) is 13.8 Å². The fourth-order valence-corrected chi connectivity index (χ4v) is 1.98. The second-order valence-corrected chi connectivity index (χ2v) is 4.94. The van der Waals surface area contributed by atoms with Crippen LogP contribution in [0.3, 0.4) is 0 Å². The number of hydrogen-bond donors (Lipinski definition) is 2. The quantitative estimate of drug-likeness (QED) is 0.812. The van der Waals surface area contributed by atoms with E-state index in [-0.39, 0.29) is 25.2 Å². The second-order valence-electron chi connectivity index (χ2n) is 4.94. The van der Waals surface area contributed by atoms with E-state index in [0.29, 0.717) is 24.9 Å². The number of likely N-dealkylation sites (N-methyl/N-ethyl adjacent to an activating group) is 1. The third-order valence-electron chi connectivity index (χ3n) is 3.26. The maximum absolute atomic E-state index is 13.1. The minimum Gasteiger partial charge on any atom is -0.395 e. The van der Waals surface area contributed by atoms with Crippen LogP contribution in [-0.4, -0.2) is 41.8 Å². The van der Waals surface area contributed by atoms with E-state index in [1.54, 1.807) is 0 Å². The zero-order valence-electron chi connectivity index (χ0n) is 12.4. The van der Waals surface area contributed by atoms with Crippen LogP contribution in [0.1, 0.15) is 25.8 Å². The molecule has 0 fully saturated rings. The number of benzene rings is 1. The number of halogens is 2. The molecule has 1 aromatic rings. The number of carbonyl (C=O) groups is 1. The van der Waals surface area contributed by atoms with Crippen molar-refractivity contribution in [3.8, 4) is 0 Å². The van der Waals surface area contributed by atoms with Crippen molar-refractivity contribution in [3.05, 3.63) is 35.4 Å². The molecule has 0 saturated heterocycles. The topological polar surface area (TPSA) is 52.6 Å². The molecule has 0 spiro atoms. The first-order valence-corrected chi connectivity index (χ1v) is 7.08. The number of carbonyl (C=O) groups excluding carboxylic acids is 1. The Kier molecular flexibility index (Phi) is 7.08. The van der Waals surface area contributed by atoms with Gasteiger partial charge >= 0.3 is 6.03 Å². The van der Waals surface area contributed by atoms with Crippen LogP contribution >= 0.6 is 0 Å². The Balaban J connectivity index is 2.44. The smallest absolute Gasteiger partial charge is 0.317 e. The Bertz CT molecular complexity index is 469. The molecule has 21 heavy (non-hydrogen) atoms. The molecule has 0 aliphatic carbocycles. The fraction of sp³-hybridized carbons (Fsp3) is 0.533. The molecule has 0 bridgehead atoms. The van der Waals surface area contributed by atoms with Crippen LogP contribution in [0, 0.1) is 11.6 Å². The van der Waals surface area contributed by atoms with Gasteiger partial charge in [-0.15, -0.1) is 0 Å². The van der Waals surface area contributed by atoms with Crippen molar-refractivity contribution < 1.29 is 18.7 Å². The number of urea groups is 1.